The summed E-state index contributed by atoms with van der Waals surface area (Å²) in [5, 5.41) is 43.8. The molecule has 0 spiro atoms. The molecule has 49 heavy (non-hydrogen) atoms. The molecule has 3 saturated heterocycles. The van der Waals surface area contributed by atoms with Crippen LogP contribution >= 0.6 is 46.5 Å². The summed E-state index contributed by atoms with van der Waals surface area (Å²) in [7, 11) is 1.33. The second kappa shape index (κ2) is 13.7. The predicted molar refractivity (Wildman–Crippen MR) is 179 cm³/mol. The summed E-state index contributed by atoms with van der Waals surface area (Å²) in [5.41, 5.74) is 3.47. The van der Waals surface area contributed by atoms with Crippen LogP contribution in [-0.2, 0) is 28.8 Å². The number of ether oxygens (including phenoxy) is 1. The number of aromatic hydroxyl groups is 2. The van der Waals surface area contributed by atoms with Gasteiger partial charge in [0.1, 0.15) is 17.1 Å². The molecule has 0 bridgehead atoms. The van der Waals surface area contributed by atoms with Crippen molar-refractivity contribution in [2.45, 2.75) is 41.0 Å². The number of amides is 3. The van der Waals surface area contributed by atoms with E-state index >= 15 is 0 Å². The van der Waals surface area contributed by atoms with Crippen LogP contribution < -0.4 is 5.73 Å². The molecular weight excluding hydrogens is 728 g/mol. The summed E-state index contributed by atoms with van der Waals surface area (Å²) in [6.07, 6.45) is 0. The molecule has 3 aliphatic rings. The number of carboxylic acid groups (broad SMARTS) is 2. The maximum atomic E-state index is 13.7. The molecule has 3 aliphatic heterocycles. The van der Waals surface area contributed by atoms with E-state index in [0.717, 1.165) is 45.8 Å². The average Bonchev–Trinajstić information content (AvgIpc) is 3.64. The van der Waals surface area contributed by atoms with Crippen LogP contribution in [0.5, 0.6) is 11.5 Å². The van der Waals surface area contributed by atoms with E-state index in [0.29, 0.717) is 0 Å². The number of oxime groups is 1. The van der Waals surface area contributed by atoms with Gasteiger partial charge in [0.25, 0.3) is 11.8 Å². The number of aromatic nitrogens is 1. The number of aliphatic carboxylic acids is 2. The van der Waals surface area contributed by atoms with Gasteiger partial charge < -0.3 is 50.4 Å². The molecule has 3 amide bonds. The summed E-state index contributed by atoms with van der Waals surface area (Å²) in [4.78, 5) is 78.0. The Balaban J connectivity index is 1.33. The fourth-order valence-electron chi connectivity index (χ4n) is 5.12. The molecule has 17 nitrogen and oxygen atoms in total. The number of nitrogens with two attached hydrogens (primary N) is 1. The Hall–Kier alpha value is -3.98. The number of halogens is 1. The zero-order valence-corrected chi connectivity index (χ0v) is 29.3. The number of carboxylic acids is 2. The lowest BCUT2D eigenvalue weighted by Gasteiger charge is -2.45. The topological polar surface area (TPSA) is 246 Å². The van der Waals surface area contributed by atoms with Crippen molar-refractivity contribution in [3.05, 3.63) is 33.8 Å². The number of thioether (sulfide) groups is 2. The normalized spacial score (nSPS) is 23.9. The van der Waals surface area contributed by atoms with Gasteiger partial charge in [-0.15, -0.1) is 34.9 Å². The van der Waals surface area contributed by atoms with Gasteiger partial charge in [-0.3, -0.25) is 14.4 Å². The van der Waals surface area contributed by atoms with Crippen LogP contribution in [0.3, 0.4) is 0 Å². The number of likely N-dealkylation sites (N-methyl/N-ethyl adjacent to an activating group) is 1. The number of morpholine rings is 1. The van der Waals surface area contributed by atoms with Crippen molar-refractivity contribution >= 4 is 87.0 Å². The van der Waals surface area contributed by atoms with Crippen LogP contribution in [0.1, 0.15) is 29.9 Å². The zero-order chi connectivity index (χ0) is 36.0. The summed E-state index contributed by atoms with van der Waals surface area (Å²) in [6, 6.07) is 0.697. The van der Waals surface area contributed by atoms with Crippen molar-refractivity contribution in [2.24, 2.45) is 5.16 Å². The number of phenolic OH excluding ortho intramolecular Hbond substituents is 2. The smallest absolute Gasteiger partial charge is 0.350 e. The Kier molecular flexibility index (Phi) is 10.2. The number of anilines is 1. The van der Waals surface area contributed by atoms with Crippen molar-refractivity contribution in [3.8, 4) is 11.5 Å². The predicted octanol–water partition coefficient (Wildman–Crippen LogP) is 1.17. The van der Waals surface area contributed by atoms with Crippen LogP contribution in [-0.4, -0.2) is 142 Å². The number of fused-ring (bicyclic) bond motifs is 1. The number of rotatable bonds is 11. The third kappa shape index (κ3) is 6.79. The van der Waals surface area contributed by atoms with Gasteiger partial charge in [-0.1, -0.05) is 16.8 Å². The lowest BCUT2D eigenvalue weighted by Crippen LogP contribution is -2.68. The van der Waals surface area contributed by atoms with Gasteiger partial charge in [-0.25, -0.2) is 14.6 Å². The quantitative estimate of drug-likeness (QED) is 0.0935. The molecule has 3 fully saturated rings. The minimum Gasteiger partial charge on any atom is -0.504 e. The van der Waals surface area contributed by atoms with Crippen molar-refractivity contribution in [1.82, 2.24) is 19.7 Å². The largest absolute Gasteiger partial charge is 0.504 e. The minimum atomic E-state index is -1.81. The van der Waals surface area contributed by atoms with Gasteiger partial charge in [0.2, 0.25) is 11.5 Å². The van der Waals surface area contributed by atoms with Crippen molar-refractivity contribution < 1.29 is 54.0 Å². The highest BCUT2D eigenvalue weighted by Crippen LogP contribution is 2.54. The first-order valence-electron chi connectivity index (χ1n) is 14.4. The first kappa shape index (κ1) is 36.3. The van der Waals surface area contributed by atoms with Crippen LogP contribution in [0.4, 0.5) is 5.13 Å². The highest BCUT2D eigenvalue weighted by atomic mass is 35.5. The number of benzene rings is 1. The number of hydrogen-bond acceptors (Lipinski definition) is 15. The summed E-state index contributed by atoms with van der Waals surface area (Å²) in [5.74, 6) is -5.52. The maximum Gasteiger partial charge on any atom is 0.350 e. The first-order valence-corrected chi connectivity index (χ1v) is 17.5. The monoisotopic (exact) mass is 758 g/mol. The number of nitrogen functional groups attached to an aromatic ring is 1. The SMILES string of the molecule is CN(C(=O)/C(=N\OC(C)(C)C(=O)O)c1csc(N)n1)[C@@H]1C(=O)N2C[C@](SC[C@@H]3COCCN3C(=O)c3ccc(O)c(O)c3Cl)(C(=O)O)S[C@H]12. The van der Waals surface area contributed by atoms with Crippen LogP contribution in [0.2, 0.25) is 5.02 Å². The van der Waals surface area contributed by atoms with E-state index in [-0.39, 0.29) is 53.5 Å². The molecule has 264 valence electrons. The lowest BCUT2D eigenvalue weighted by molar-refractivity contribution is -0.161. The van der Waals surface area contributed by atoms with Gasteiger partial charge in [-0.05, 0) is 26.0 Å². The molecule has 1 aromatic carbocycles. The highest BCUT2D eigenvalue weighted by molar-refractivity contribution is 8.20. The summed E-state index contributed by atoms with van der Waals surface area (Å²) in [6.45, 7) is 2.70. The molecule has 0 saturated carbocycles. The third-order valence-electron chi connectivity index (χ3n) is 8.04. The molecular formula is C28H31ClN6O11S3. The second-order valence-electron chi connectivity index (χ2n) is 11.6. The van der Waals surface area contributed by atoms with Crippen molar-refractivity contribution in [1.29, 1.82) is 0 Å². The fraction of sp³-hybridized carbons (Fsp3) is 0.464. The standard InChI is InChI=1S/C28H31ClN6O11S3/c1-27(2,24(41)42)46-32-17(14-10-47-26(30)31-14)21(39)33(3)18-22(40)35-11-28(25(43)44,49-23(18)35)48-9-12-8-45-7-6-34(12)20(38)13-4-5-15(36)19(37)16(13)29/h4-5,10,12,18,23,36-37H,6-9,11H2,1-3H3,(H2,30,31)(H,41,42)(H,43,44)/b32-17-/t12-,18+,23+,28+/m0/s1. The number of β-lactam (4-membered cyclic amide) rings is 1. The first-order chi connectivity index (χ1) is 23.0. The van der Waals surface area contributed by atoms with Crippen LogP contribution in [0, 0.1) is 0 Å². The van der Waals surface area contributed by atoms with Crippen molar-refractivity contribution in [3.63, 3.8) is 0 Å². The molecule has 0 aliphatic carbocycles. The van der Waals surface area contributed by atoms with E-state index in [1.807, 2.05) is 0 Å². The van der Waals surface area contributed by atoms with Gasteiger partial charge in [-0.2, -0.15) is 0 Å². The van der Waals surface area contributed by atoms with E-state index in [2.05, 4.69) is 10.1 Å². The Morgan fingerprint density at radius 1 is 1.29 bits per heavy atom. The Morgan fingerprint density at radius 2 is 2.00 bits per heavy atom. The van der Waals surface area contributed by atoms with Crippen LogP contribution in [0.25, 0.3) is 0 Å². The maximum absolute atomic E-state index is 13.7. The van der Waals surface area contributed by atoms with E-state index in [4.69, 9.17) is 26.9 Å². The van der Waals surface area contributed by atoms with Gasteiger partial charge in [0, 0.05) is 24.7 Å². The number of nitrogens with zero attached hydrogens (tertiary/aromatic N) is 5. The molecule has 1 aromatic heterocycles. The Bertz CT molecular complexity index is 1740. The minimum absolute atomic E-state index is 0.00344. The number of carbonyl (C=O) groups is 5. The van der Waals surface area contributed by atoms with E-state index in [9.17, 15) is 44.4 Å². The summed E-state index contributed by atoms with van der Waals surface area (Å²) < 4.78 is 4.01. The number of hydrogen-bond donors (Lipinski definition) is 5. The van der Waals surface area contributed by atoms with Crippen LogP contribution in [0.15, 0.2) is 22.7 Å². The molecule has 6 N–H and O–H groups in total. The second-order valence-corrected chi connectivity index (χ2v) is 15.9. The zero-order valence-electron chi connectivity index (χ0n) is 26.1. The molecule has 0 radical (unpaired) electrons. The fourth-order valence-corrected chi connectivity index (χ4v) is 9.21. The van der Waals surface area contributed by atoms with Crippen molar-refractivity contribution in [2.75, 3.05) is 44.8 Å². The number of carbonyl (C=O) groups excluding carboxylic acids is 3. The van der Waals surface area contributed by atoms with Gasteiger partial charge in [0.15, 0.2) is 26.4 Å². The Labute approximate surface area is 295 Å². The number of thiazole rings is 1. The molecule has 2 aromatic rings. The van der Waals surface area contributed by atoms with Gasteiger partial charge >= 0.3 is 11.9 Å². The molecule has 5 rings (SSSR count). The van der Waals surface area contributed by atoms with E-state index < -0.39 is 74.0 Å². The Morgan fingerprint density at radius 3 is 2.63 bits per heavy atom. The molecule has 0 unspecified atom stereocenters. The third-order valence-corrected chi connectivity index (χ3v) is 12.5. The summed E-state index contributed by atoms with van der Waals surface area (Å²) >= 11 is 9.12. The van der Waals surface area contributed by atoms with Gasteiger partial charge in [0.05, 0.1) is 36.4 Å². The highest BCUT2D eigenvalue weighted by Gasteiger charge is 2.64. The molecule has 4 atom stereocenters. The van der Waals surface area contributed by atoms with E-state index in [1.54, 1.807) is 0 Å². The lowest BCUT2D eigenvalue weighted by atomic mass is 10.0. The number of phenols is 2. The van der Waals surface area contributed by atoms with E-state index in [1.165, 1.54) is 42.1 Å². The molecule has 21 heteroatoms. The molecule has 4 heterocycles. The average molecular weight is 759 g/mol.